The van der Waals surface area contributed by atoms with Crippen LogP contribution in [0.3, 0.4) is 0 Å². The lowest BCUT2D eigenvalue weighted by molar-refractivity contribution is -0.137. The molecule has 0 radical (unpaired) electrons. The van der Waals surface area contributed by atoms with Gasteiger partial charge in [0.15, 0.2) is 5.82 Å². The van der Waals surface area contributed by atoms with Gasteiger partial charge in [0.25, 0.3) is 0 Å². The topological polar surface area (TPSA) is 75.0 Å². The fourth-order valence-corrected chi connectivity index (χ4v) is 3.90. The molecule has 0 amide bonds. The van der Waals surface area contributed by atoms with Crippen molar-refractivity contribution >= 4 is 11.5 Å². The molecule has 7 nitrogen and oxygen atoms in total. The molecule has 5 heterocycles. The van der Waals surface area contributed by atoms with E-state index in [-0.39, 0.29) is 0 Å². The Morgan fingerprint density at radius 1 is 1.10 bits per heavy atom. The lowest BCUT2D eigenvalue weighted by Gasteiger charge is -2.33. The fourth-order valence-electron chi connectivity index (χ4n) is 3.90. The Morgan fingerprint density at radius 3 is 2.80 bits per heavy atom. The van der Waals surface area contributed by atoms with E-state index in [9.17, 15) is 13.2 Å². The van der Waals surface area contributed by atoms with E-state index in [4.69, 9.17) is 0 Å². The molecule has 1 saturated heterocycles. The smallest absolute Gasteiger partial charge is 0.356 e. The van der Waals surface area contributed by atoms with Crippen LogP contribution in [0.2, 0.25) is 0 Å². The Morgan fingerprint density at radius 2 is 2.00 bits per heavy atom. The summed E-state index contributed by atoms with van der Waals surface area (Å²) in [5.41, 5.74) is 1.24. The summed E-state index contributed by atoms with van der Waals surface area (Å²) < 4.78 is 40.8. The lowest BCUT2D eigenvalue weighted by Crippen LogP contribution is -2.34. The van der Waals surface area contributed by atoms with E-state index in [1.807, 2.05) is 18.5 Å². The number of halogens is 3. The van der Waals surface area contributed by atoms with Crippen molar-refractivity contribution in [3.63, 3.8) is 0 Å². The largest absolute Gasteiger partial charge is 0.417 e. The highest BCUT2D eigenvalue weighted by molar-refractivity contribution is 5.59. The molecule has 1 aliphatic rings. The summed E-state index contributed by atoms with van der Waals surface area (Å²) in [5, 5.41) is 6.89. The number of hydrogen-bond acceptors (Lipinski definition) is 5. The van der Waals surface area contributed by atoms with E-state index in [2.05, 4.69) is 30.0 Å². The van der Waals surface area contributed by atoms with Gasteiger partial charge in [0.2, 0.25) is 0 Å². The Bertz CT molecular complexity index is 1170. The van der Waals surface area contributed by atoms with Crippen molar-refractivity contribution in [3.8, 4) is 11.5 Å². The minimum atomic E-state index is -4.44. The monoisotopic (exact) mass is 413 g/mol. The van der Waals surface area contributed by atoms with Crippen LogP contribution in [0.25, 0.3) is 17.2 Å². The third-order valence-corrected chi connectivity index (χ3v) is 5.44. The lowest BCUT2D eigenvalue weighted by atomic mass is 9.93. The zero-order valence-electron chi connectivity index (χ0n) is 15.8. The minimum absolute atomic E-state index is 0.338. The number of piperidine rings is 1. The van der Waals surface area contributed by atoms with Gasteiger partial charge >= 0.3 is 6.18 Å². The highest BCUT2D eigenvalue weighted by Gasteiger charge is 2.31. The van der Waals surface area contributed by atoms with Gasteiger partial charge in [-0.25, -0.2) is 15.0 Å². The van der Waals surface area contributed by atoms with Gasteiger partial charge in [-0.1, -0.05) is 0 Å². The molecule has 30 heavy (non-hydrogen) atoms. The summed E-state index contributed by atoms with van der Waals surface area (Å²) in [6.07, 6.45) is 5.57. The molecule has 5 rings (SSSR count). The Labute approximate surface area is 169 Å². The average Bonchev–Trinajstić information content (AvgIpc) is 3.43. The van der Waals surface area contributed by atoms with Crippen molar-refractivity contribution in [3.05, 3.63) is 60.3 Å². The molecule has 154 valence electrons. The van der Waals surface area contributed by atoms with Crippen LogP contribution in [0.1, 0.15) is 29.9 Å². The van der Waals surface area contributed by atoms with Gasteiger partial charge in [-0.2, -0.15) is 18.3 Å². The predicted octanol–water partition coefficient (Wildman–Crippen LogP) is 3.92. The zero-order valence-corrected chi connectivity index (χ0v) is 15.8. The van der Waals surface area contributed by atoms with Gasteiger partial charge in [0.1, 0.15) is 17.2 Å². The molecule has 1 atom stereocenters. The van der Waals surface area contributed by atoms with Crippen LogP contribution in [0, 0.1) is 0 Å². The summed E-state index contributed by atoms with van der Waals surface area (Å²) in [4.78, 5) is 15.3. The van der Waals surface area contributed by atoms with Gasteiger partial charge in [-0.05, 0) is 36.6 Å². The first kappa shape index (κ1) is 18.6. The molecule has 0 aromatic carbocycles. The second-order valence-electron chi connectivity index (χ2n) is 7.34. The first-order valence-electron chi connectivity index (χ1n) is 9.60. The van der Waals surface area contributed by atoms with Crippen LogP contribution in [-0.2, 0) is 6.18 Å². The highest BCUT2D eigenvalue weighted by atomic mass is 19.4. The molecule has 1 fully saturated rings. The molecule has 0 aliphatic carbocycles. The van der Waals surface area contributed by atoms with E-state index in [1.54, 1.807) is 6.20 Å². The standard InChI is InChI=1S/C20H18F3N7/c21-20(22,23)15-3-4-17-25-10-16(30(17)12-15)19-24-6-5-18(28-19)29-7-1-2-13(11-29)14-8-26-27-9-14/h3-6,8-10,12-13H,1-2,7,11H2,(H,26,27). The Hall–Kier alpha value is -3.43. The molecular weight excluding hydrogens is 395 g/mol. The van der Waals surface area contributed by atoms with Crippen LogP contribution in [-0.4, -0.2) is 42.6 Å². The summed E-state index contributed by atoms with van der Waals surface area (Å²) in [5.74, 6) is 1.43. The minimum Gasteiger partial charge on any atom is -0.356 e. The van der Waals surface area contributed by atoms with Gasteiger partial charge in [-0.15, -0.1) is 0 Å². The number of nitrogens with one attached hydrogen (secondary N) is 1. The summed E-state index contributed by atoms with van der Waals surface area (Å²) >= 11 is 0. The molecular formula is C20H18F3N7. The molecule has 0 spiro atoms. The second kappa shape index (κ2) is 7.12. The average molecular weight is 413 g/mol. The van der Waals surface area contributed by atoms with Crippen molar-refractivity contribution in [1.29, 1.82) is 0 Å². The van der Waals surface area contributed by atoms with Gasteiger partial charge in [0.05, 0.1) is 18.0 Å². The SMILES string of the molecule is FC(F)(F)c1ccc2ncc(-c3nccc(N4CCCC(c5cn[nH]c5)C4)n3)n2c1. The number of H-pyrrole nitrogens is 1. The van der Waals surface area contributed by atoms with Crippen LogP contribution in [0.4, 0.5) is 19.0 Å². The number of pyridine rings is 1. The normalized spacial score (nSPS) is 17.6. The first-order chi connectivity index (χ1) is 14.5. The second-order valence-corrected chi connectivity index (χ2v) is 7.34. The molecule has 1 N–H and O–H groups in total. The number of fused-ring (bicyclic) bond motifs is 1. The van der Waals surface area contributed by atoms with Gasteiger partial charge in [-0.3, -0.25) is 9.50 Å². The van der Waals surface area contributed by atoms with E-state index in [0.717, 1.165) is 49.6 Å². The molecule has 4 aromatic heterocycles. The van der Waals surface area contributed by atoms with Crippen LogP contribution >= 0.6 is 0 Å². The number of nitrogens with zero attached hydrogens (tertiary/aromatic N) is 6. The van der Waals surface area contributed by atoms with Crippen molar-refractivity contribution in [2.75, 3.05) is 18.0 Å². The predicted molar refractivity (Wildman–Crippen MR) is 104 cm³/mol. The van der Waals surface area contributed by atoms with E-state index in [0.29, 0.717) is 23.1 Å². The van der Waals surface area contributed by atoms with Crippen molar-refractivity contribution in [1.82, 2.24) is 29.5 Å². The van der Waals surface area contributed by atoms with E-state index < -0.39 is 11.7 Å². The zero-order chi connectivity index (χ0) is 20.7. The third kappa shape index (κ3) is 3.38. The Kier molecular flexibility index (Phi) is 4.41. The Balaban J connectivity index is 1.48. The van der Waals surface area contributed by atoms with E-state index in [1.165, 1.54) is 16.7 Å². The first-order valence-corrected chi connectivity index (χ1v) is 9.60. The maximum Gasteiger partial charge on any atom is 0.417 e. The van der Waals surface area contributed by atoms with Gasteiger partial charge < -0.3 is 4.90 Å². The summed E-state index contributed by atoms with van der Waals surface area (Å²) in [6.45, 7) is 1.65. The van der Waals surface area contributed by atoms with E-state index >= 15 is 0 Å². The summed E-state index contributed by atoms with van der Waals surface area (Å²) in [7, 11) is 0. The molecule has 1 aliphatic heterocycles. The molecule has 4 aromatic rings. The number of anilines is 1. The summed E-state index contributed by atoms with van der Waals surface area (Å²) in [6, 6.07) is 4.19. The maximum atomic E-state index is 13.1. The quantitative estimate of drug-likeness (QED) is 0.551. The number of aromatic nitrogens is 6. The fraction of sp³-hybridized carbons (Fsp3) is 0.300. The van der Waals surface area contributed by atoms with Crippen LogP contribution in [0.5, 0.6) is 0 Å². The number of rotatable bonds is 3. The maximum absolute atomic E-state index is 13.1. The number of alkyl halides is 3. The van der Waals surface area contributed by atoms with Crippen molar-refractivity contribution in [2.45, 2.75) is 24.9 Å². The number of hydrogen-bond donors (Lipinski definition) is 1. The van der Waals surface area contributed by atoms with Crippen LogP contribution < -0.4 is 4.90 Å². The number of aromatic amines is 1. The van der Waals surface area contributed by atoms with Gasteiger partial charge in [0, 0.05) is 37.6 Å². The van der Waals surface area contributed by atoms with Crippen molar-refractivity contribution in [2.24, 2.45) is 0 Å². The molecule has 1 unspecified atom stereocenters. The number of imidazole rings is 1. The molecule has 0 bridgehead atoms. The third-order valence-electron chi connectivity index (χ3n) is 5.44. The van der Waals surface area contributed by atoms with Crippen LogP contribution in [0.15, 0.2) is 49.2 Å². The highest BCUT2D eigenvalue weighted by Crippen LogP contribution is 2.31. The molecule has 0 saturated carbocycles. The molecule has 10 heteroatoms. The van der Waals surface area contributed by atoms with Crippen molar-refractivity contribution < 1.29 is 13.2 Å².